The Bertz CT molecular complexity index is 722. The van der Waals surface area contributed by atoms with Crippen molar-refractivity contribution in [2.75, 3.05) is 0 Å². The molecule has 2 unspecified atom stereocenters. The topological polar surface area (TPSA) is 94.2 Å². The van der Waals surface area contributed by atoms with E-state index in [-0.39, 0.29) is 24.0 Å². The quantitative estimate of drug-likeness (QED) is 0.284. The lowest BCUT2D eigenvalue weighted by atomic mass is 9.92. The summed E-state index contributed by atoms with van der Waals surface area (Å²) in [6.45, 7) is 18.1. The molecular formula is C26H46N2O6. The molecule has 8 nitrogen and oxygen atoms in total. The molecule has 1 fully saturated rings. The number of nitrogens with one attached hydrogen (secondary N) is 1. The summed E-state index contributed by atoms with van der Waals surface area (Å²) in [5, 5.41) is 2.76. The molecule has 0 aromatic carbocycles. The smallest absolute Gasteiger partial charge is 0.411 e. The van der Waals surface area contributed by atoms with Gasteiger partial charge in [-0.2, -0.15) is 0 Å². The number of rotatable bonds is 9. The van der Waals surface area contributed by atoms with E-state index in [9.17, 15) is 14.4 Å². The van der Waals surface area contributed by atoms with Gasteiger partial charge in [-0.25, -0.2) is 9.59 Å². The molecule has 1 N–H and O–H groups in total. The first-order valence-electron chi connectivity index (χ1n) is 12.4. The van der Waals surface area contributed by atoms with Crippen LogP contribution in [-0.4, -0.2) is 58.5 Å². The highest BCUT2D eigenvalue weighted by Crippen LogP contribution is 2.37. The Balaban J connectivity index is 3.33. The second-order valence-electron chi connectivity index (χ2n) is 11.1. The maximum Gasteiger partial charge on any atom is 0.411 e. The van der Waals surface area contributed by atoms with Gasteiger partial charge >= 0.3 is 12.1 Å². The van der Waals surface area contributed by atoms with E-state index in [0.29, 0.717) is 12.8 Å². The molecule has 0 saturated carbocycles. The lowest BCUT2D eigenvalue weighted by Crippen LogP contribution is -2.50. The van der Waals surface area contributed by atoms with Gasteiger partial charge in [0.25, 0.3) is 0 Å². The highest BCUT2D eigenvalue weighted by Gasteiger charge is 2.49. The molecule has 1 aliphatic heterocycles. The molecule has 1 rings (SSSR count). The van der Waals surface area contributed by atoms with Crippen LogP contribution in [0.5, 0.6) is 0 Å². The van der Waals surface area contributed by atoms with Gasteiger partial charge in [0.15, 0.2) is 0 Å². The fourth-order valence-electron chi connectivity index (χ4n) is 4.31. The van der Waals surface area contributed by atoms with E-state index in [1.807, 2.05) is 39.8 Å². The molecule has 1 heterocycles. The monoisotopic (exact) mass is 482 g/mol. The number of hydrogen-bond donors (Lipinski definition) is 1. The Hall–Kier alpha value is -2.09. The molecule has 34 heavy (non-hydrogen) atoms. The van der Waals surface area contributed by atoms with Crippen molar-refractivity contribution in [2.24, 2.45) is 5.92 Å². The zero-order valence-electron chi connectivity index (χ0n) is 22.8. The third-order valence-corrected chi connectivity index (χ3v) is 5.32. The van der Waals surface area contributed by atoms with E-state index in [1.54, 1.807) is 32.6 Å². The first-order valence-corrected chi connectivity index (χ1v) is 12.4. The summed E-state index contributed by atoms with van der Waals surface area (Å²) < 4.78 is 17.5. The van der Waals surface area contributed by atoms with E-state index in [4.69, 9.17) is 14.2 Å². The van der Waals surface area contributed by atoms with Crippen LogP contribution in [-0.2, 0) is 23.8 Å². The zero-order chi connectivity index (χ0) is 26.3. The van der Waals surface area contributed by atoms with Gasteiger partial charge in [-0.15, -0.1) is 0 Å². The Morgan fingerprint density at radius 1 is 1.09 bits per heavy atom. The van der Waals surface area contributed by atoms with Crippen molar-refractivity contribution in [2.45, 2.75) is 131 Å². The van der Waals surface area contributed by atoms with E-state index in [1.165, 1.54) is 6.92 Å². The third-order valence-electron chi connectivity index (χ3n) is 5.32. The summed E-state index contributed by atoms with van der Waals surface area (Å²) >= 11 is 0. The number of ether oxygens (including phenoxy) is 3. The molecule has 0 aromatic rings. The van der Waals surface area contributed by atoms with Crippen LogP contribution in [0.4, 0.5) is 4.79 Å². The van der Waals surface area contributed by atoms with E-state index in [2.05, 4.69) is 12.2 Å². The van der Waals surface area contributed by atoms with Gasteiger partial charge in [0.1, 0.15) is 23.5 Å². The number of amides is 2. The normalized spacial score (nSPS) is 23.0. The Labute approximate surface area is 205 Å². The van der Waals surface area contributed by atoms with Crippen LogP contribution in [0.2, 0.25) is 0 Å². The highest BCUT2D eigenvalue weighted by molar-refractivity contribution is 5.83. The molecule has 196 valence electrons. The molecule has 0 bridgehead atoms. The second kappa shape index (κ2) is 12.6. The fourth-order valence-corrected chi connectivity index (χ4v) is 4.31. The Morgan fingerprint density at radius 2 is 1.68 bits per heavy atom. The van der Waals surface area contributed by atoms with Crippen LogP contribution in [0.1, 0.15) is 94.9 Å². The number of esters is 1. The maximum atomic E-state index is 13.4. The van der Waals surface area contributed by atoms with Crippen molar-refractivity contribution >= 4 is 18.0 Å². The van der Waals surface area contributed by atoms with Gasteiger partial charge in [-0.3, -0.25) is 9.69 Å². The average molecular weight is 483 g/mol. The first kappa shape index (κ1) is 29.9. The van der Waals surface area contributed by atoms with Gasteiger partial charge in [0.2, 0.25) is 5.91 Å². The van der Waals surface area contributed by atoms with E-state index >= 15 is 0 Å². The summed E-state index contributed by atoms with van der Waals surface area (Å²) in [6, 6.07) is -1.07. The van der Waals surface area contributed by atoms with Crippen LogP contribution in [0.15, 0.2) is 12.2 Å². The molecule has 0 radical (unpaired) electrons. The summed E-state index contributed by atoms with van der Waals surface area (Å²) in [5.41, 5.74) is -1.38. The van der Waals surface area contributed by atoms with Crippen LogP contribution in [0.25, 0.3) is 0 Å². The van der Waals surface area contributed by atoms with Crippen LogP contribution in [0, 0.1) is 5.92 Å². The molecule has 8 heteroatoms. The predicted octanol–water partition coefficient (Wildman–Crippen LogP) is 4.96. The number of nitrogens with zero attached hydrogens (tertiary/aromatic N) is 1. The van der Waals surface area contributed by atoms with Crippen molar-refractivity contribution in [3.63, 3.8) is 0 Å². The summed E-state index contributed by atoms with van der Waals surface area (Å²) in [7, 11) is 0. The molecular weight excluding hydrogens is 436 g/mol. The second-order valence-corrected chi connectivity index (χ2v) is 11.1. The van der Waals surface area contributed by atoms with Gasteiger partial charge < -0.3 is 19.5 Å². The van der Waals surface area contributed by atoms with Gasteiger partial charge in [-0.1, -0.05) is 25.5 Å². The average Bonchev–Trinajstić information content (AvgIpc) is 2.97. The number of allylic oxidation sites excluding steroid dienone is 1. The van der Waals surface area contributed by atoms with Crippen molar-refractivity contribution in [1.82, 2.24) is 10.2 Å². The highest BCUT2D eigenvalue weighted by atomic mass is 16.6. The SMILES string of the molecule is CC=C[C@@H]1C[C@H](C(=O)OC(C)(C)C)N(C(=O)OC(C)(C)C)[C@@H]1CC(CCC)OC(C)NC(C)=O. The zero-order valence-corrected chi connectivity index (χ0v) is 22.8. The molecule has 0 spiro atoms. The lowest BCUT2D eigenvalue weighted by molar-refractivity contribution is -0.160. The number of hydrogen-bond acceptors (Lipinski definition) is 6. The van der Waals surface area contributed by atoms with Gasteiger partial charge in [0, 0.05) is 18.9 Å². The number of carbonyl (C=O) groups excluding carboxylic acids is 3. The molecule has 2 amide bonds. The van der Waals surface area contributed by atoms with Crippen molar-refractivity contribution in [3.05, 3.63) is 12.2 Å². The molecule has 1 aliphatic rings. The minimum absolute atomic E-state index is 0.0611. The maximum absolute atomic E-state index is 13.4. The molecule has 0 aliphatic carbocycles. The lowest BCUT2D eigenvalue weighted by Gasteiger charge is -2.35. The van der Waals surface area contributed by atoms with Crippen molar-refractivity contribution in [1.29, 1.82) is 0 Å². The van der Waals surface area contributed by atoms with E-state index < -0.39 is 35.5 Å². The van der Waals surface area contributed by atoms with Crippen molar-refractivity contribution in [3.8, 4) is 0 Å². The standard InChI is InChI=1S/C26H46N2O6/c1-11-13-19-15-22(23(30)33-25(5,6)7)28(24(31)34-26(8,9)10)21(19)16-20(14-12-2)32-18(4)27-17(3)29/h11,13,18-22H,12,14-16H2,1-10H3,(H,27,29)/t18?,19-,20?,21-,22-/m1/s1. The van der Waals surface area contributed by atoms with Gasteiger partial charge in [0.05, 0.1) is 6.10 Å². The van der Waals surface area contributed by atoms with Crippen LogP contribution in [0.3, 0.4) is 0 Å². The number of likely N-dealkylation sites (tertiary alicyclic amines) is 1. The summed E-state index contributed by atoms with van der Waals surface area (Å²) in [6.07, 6.45) is 5.34. The minimum atomic E-state index is -0.754. The predicted molar refractivity (Wildman–Crippen MR) is 132 cm³/mol. The van der Waals surface area contributed by atoms with E-state index in [0.717, 1.165) is 12.8 Å². The van der Waals surface area contributed by atoms with Crippen molar-refractivity contribution < 1.29 is 28.6 Å². The Kier molecular flexibility index (Phi) is 11.1. The largest absolute Gasteiger partial charge is 0.458 e. The molecule has 1 saturated heterocycles. The first-order chi connectivity index (χ1) is 15.6. The summed E-state index contributed by atoms with van der Waals surface area (Å²) in [5.74, 6) is -0.667. The van der Waals surface area contributed by atoms with Crippen LogP contribution >= 0.6 is 0 Å². The molecule has 5 atom stereocenters. The summed E-state index contributed by atoms with van der Waals surface area (Å²) in [4.78, 5) is 39.6. The Morgan fingerprint density at radius 3 is 2.15 bits per heavy atom. The van der Waals surface area contributed by atoms with Crippen LogP contribution < -0.4 is 5.32 Å². The number of carbonyl (C=O) groups is 3. The van der Waals surface area contributed by atoms with Gasteiger partial charge in [-0.05, 0) is 74.7 Å². The minimum Gasteiger partial charge on any atom is -0.458 e. The molecule has 0 aromatic heterocycles. The fraction of sp³-hybridized carbons (Fsp3) is 0.808. The third kappa shape index (κ3) is 10.0.